The Hall–Kier alpha value is -2.39. The topological polar surface area (TPSA) is 83.2 Å². The summed E-state index contributed by atoms with van der Waals surface area (Å²) in [5.74, 6) is -0.564. The van der Waals surface area contributed by atoms with Crippen LogP contribution in [-0.4, -0.2) is 16.1 Å². The number of hydrogen-bond donors (Lipinski definition) is 1. The molecule has 18 heavy (non-hydrogen) atoms. The van der Waals surface area contributed by atoms with Crippen LogP contribution in [0.4, 0.5) is 0 Å². The van der Waals surface area contributed by atoms with Crippen molar-refractivity contribution in [3.05, 3.63) is 40.4 Å². The number of nitrogens with zero attached hydrogens (tertiary/aromatic N) is 2. The summed E-state index contributed by atoms with van der Waals surface area (Å²) >= 11 is 0.960. The van der Waals surface area contributed by atoms with Gasteiger partial charge in [0.2, 0.25) is 0 Å². The zero-order chi connectivity index (χ0) is 13.1. The van der Waals surface area contributed by atoms with Crippen LogP contribution in [0.3, 0.4) is 0 Å². The average molecular weight is 260 g/mol. The van der Waals surface area contributed by atoms with Gasteiger partial charge in [-0.15, -0.1) is 0 Å². The molecule has 0 aliphatic heterocycles. The van der Waals surface area contributed by atoms with E-state index in [9.17, 15) is 4.79 Å². The van der Waals surface area contributed by atoms with Crippen LogP contribution in [0, 0.1) is 18.3 Å². The molecule has 0 unspecified atom stereocenters. The zero-order valence-electron chi connectivity index (χ0n) is 9.38. The zero-order valence-corrected chi connectivity index (χ0v) is 10.2. The predicted molar refractivity (Wildman–Crippen MR) is 65.0 cm³/mol. The van der Waals surface area contributed by atoms with Gasteiger partial charge in [-0.25, -0.2) is 9.78 Å². The van der Waals surface area contributed by atoms with Gasteiger partial charge in [0.15, 0.2) is 0 Å². The summed E-state index contributed by atoms with van der Waals surface area (Å²) < 4.78 is 5.43. The summed E-state index contributed by atoms with van der Waals surface area (Å²) in [6.07, 6.45) is 0. The van der Waals surface area contributed by atoms with Crippen LogP contribution in [0.5, 0.6) is 10.9 Å². The summed E-state index contributed by atoms with van der Waals surface area (Å²) in [6.45, 7) is 1.61. The summed E-state index contributed by atoms with van der Waals surface area (Å²) in [6, 6.07) is 8.58. The molecule has 1 aromatic carbocycles. The molecule has 0 radical (unpaired) electrons. The highest BCUT2D eigenvalue weighted by atomic mass is 32.1. The van der Waals surface area contributed by atoms with E-state index in [4.69, 9.17) is 15.1 Å². The molecule has 0 saturated heterocycles. The Morgan fingerprint density at radius 2 is 2.33 bits per heavy atom. The fraction of sp³-hybridized carbons (Fsp3) is 0.0833. The van der Waals surface area contributed by atoms with Gasteiger partial charge in [-0.05, 0) is 25.1 Å². The molecule has 5 nitrogen and oxygen atoms in total. The van der Waals surface area contributed by atoms with Crippen LogP contribution in [0.1, 0.15) is 20.9 Å². The smallest absolute Gasteiger partial charge is 0.347 e. The molecule has 6 heteroatoms. The van der Waals surface area contributed by atoms with Gasteiger partial charge in [0.05, 0.1) is 17.3 Å². The second-order valence-electron chi connectivity index (χ2n) is 3.44. The first-order valence-electron chi connectivity index (χ1n) is 4.99. The van der Waals surface area contributed by atoms with Crippen molar-refractivity contribution in [1.29, 1.82) is 5.26 Å². The number of ether oxygens (including phenoxy) is 1. The van der Waals surface area contributed by atoms with Crippen LogP contribution in [-0.2, 0) is 0 Å². The van der Waals surface area contributed by atoms with Crippen LogP contribution >= 0.6 is 11.3 Å². The van der Waals surface area contributed by atoms with E-state index in [1.165, 1.54) is 0 Å². The number of aryl methyl sites for hydroxylation is 1. The van der Waals surface area contributed by atoms with Crippen molar-refractivity contribution in [2.24, 2.45) is 0 Å². The van der Waals surface area contributed by atoms with Gasteiger partial charge in [0.1, 0.15) is 10.6 Å². The number of rotatable bonds is 3. The Balaban J connectivity index is 2.26. The molecule has 0 aliphatic carbocycles. The van der Waals surface area contributed by atoms with Crippen molar-refractivity contribution in [2.45, 2.75) is 6.92 Å². The average Bonchev–Trinajstić information content (AvgIpc) is 2.70. The fourth-order valence-corrected chi connectivity index (χ4v) is 2.12. The Morgan fingerprint density at radius 1 is 1.56 bits per heavy atom. The lowest BCUT2D eigenvalue weighted by molar-refractivity contribution is 0.0701. The lowest BCUT2D eigenvalue weighted by Gasteiger charge is -2.00. The third-order valence-electron chi connectivity index (χ3n) is 2.14. The Morgan fingerprint density at radius 3 is 2.94 bits per heavy atom. The first-order chi connectivity index (χ1) is 8.60. The third kappa shape index (κ3) is 2.47. The normalized spacial score (nSPS) is 9.78. The van der Waals surface area contributed by atoms with E-state index < -0.39 is 5.97 Å². The van der Waals surface area contributed by atoms with Gasteiger partial charge in [0.25, 0.3) is 5.19 Å². The molecule has 1 aromatic heterocycles. The van der Waals surface area contributed by atoms with Crippen LogP contribution < -0.4 is 4.74 Å². The second kappa shape index (κ2) is 4.85. The molecular weight excluding hydrogens is 252 g/mol. The minimum Gasteiger partial charge on any atom is -0.477 e. The minimum absolute atomic E-state index is 0.154. The molecule has 0 saturated carbocycles. The molecule has 0 spiro atoms. The van der Waals surface area contributed by atoms with E-state index >= 15 is 0 Å². The van der Waals surface area contributed by atoms with Gasteiger partial charge in [-0.3, -0.25) is 0 Å². The van der Waals surface area contributed by atoms with Crippen molar-refractivity contribution in [3.63, 3.8) is 0 Å². The maximum atomic E-state index is 10.9. The van der Waals surface area contributed by atoms with E-state index in [0.29, 0.717) is 17.0 Å². The van der Waals surface area contributed by atoms with Gasteiger partial charge in [0, 0.05) is 0 Å². The van der Waals surface area contributed by atoms with Crippen molar-refractivity contribution in [3.8, 4) is 17.0 Å². The maximum absolute atomic E-state index is 10.9. The van der Waals surface area contributed by atoms with E-state index in [1.807, 2.05) is 6.07 Å². The highest BCUT2D eigenvalue weighted by molar-refractivity contribution is 7.15. The lowest BCUT2D eigenvalue weighted by Crippen LogP contribution is -1.94. The van der Waals surface area contributed by atoms with Crippen molar-refractivity contribution in [1.82, 2.24) is 4.98 Å². The van der Waals surface area contributed by atoms with Crippen LogP contribution in [0.25, 0.3) is 0 Å². The highest BCUT2D eigenvalue weighted by Crippen LogP contribution is 2.29. The van der Waals surface area contributed by atoms with Gasteiger partial charge in [-0.2, -0.15) is 5.26 Å². The molecule has 0 atom stereocenters. The van der Waals surface area contributed by atoms with E-state index in [2.05, 4.69) is 4.98 Å². The van der Waals surface area contributed by atoms with Gasteiger partial charge >= 0.3 is 5.97 Å². The molecule has 0 fully saturated rings. The number of hydrogen-bond acceptors (Lipinski definition) is 5. The first kappa shape index (κ1) is 12.1. The molecule has 2 rings (SSSR count). The third-order valence-corrected chi connectivity index (χ3v) is 3.16. The predicted octanol–water partition coefficient (Wildman–Crippen LogP) is 2.81. The number of carbonyl (C=O) groups is 1. The number of benzene rings is 1. The first-order valence-corrected chi connectivity index (χ1v) is 5.80. The van der Waals surface area contributed by atoms with Gasteiger partial charge < -0.3 is 9.84 Å². The molecular formula is C12H8N2O3S. The number of carboxylic acids is 1. The second-order valence-corrected chi connectivity index (χ2v) is 4.40. The summed E-state index contributed by atoms with van der Waals surface area (Å²) in [4.78, 5) is 15.0. The summed E-state index contributed by atoms with van der Waals surface area (Å²) in [5.41, 5.74) is 0.887. The largest absolute Gasteiger partial charge is 0.477 e. The van der Waals surface area contributed by atoms with E-state index in [1.54, 1.807) is 31.2 Å². The maximum Gasteiger partial charge on any atom is 0.347 e. The Kier molecular flexibility index (Phi) is 3.26. The summed E-state index contributed by atoms with van der Waals surface area (Å²) in [7, 11) is 0. The van der Waals surface area contributed by atoms with E-state index in [-0.39, 0.29) is 10.1 Å². The standard InChI is InChI=1S/C12H8N2O3S/c1-7-10(11(15)16)18-12(14-7)17-9-4-2-3-8(5-9)6-13/h2-5H,1H3,(H,15,16). The Bertz CT molecular complexity index is 643. The number of aromatic nitrogens is 1. The number of aromatic carboxylic acids is 1. The number of thiazole rings is 1. The van der Waals surface area contributed by atoms with Crippen molar-refractivity contribution >= 4 is 17.3 Å². The molecule has 1 N–H and O–H groups in total. The van der Waals surface area contributed by atoms with Crippen molar-refractivity contribution in [2.75, 3.05) is 0 Å². The fourth-order valence-electron chi connectivity index (χ4n) is 1.34. The van der Waals surface area contributed by atoms with Crippen molar-refractivity contribution < 1.29 is 14.6 Å². The number of carboxylic acid groups (broad SMARTS) is 1. The molecule has 1 heterocycles. The molecule has 0 aliphatic rings. The molecule has 90 valence electrons. The highest BCUT2D eigenvalue weighted by Gasteiger charge is 2.15. The molecule has 0 amide bonds. The molecule has 2 aromatic rings. The summed E-state index contributed by atoms with van der Waals surface area (Å²) in [5, 5.41) is 17.9. The Labute approximate surface area is 107 Å². The van der Waals surface area contributed by atoms with Gasteiger partial charge in [-0.1, -0.05) is 17.4 Å². The van der Waals surface area contributed by atoms with Crippen LogP contribution in [0.2, 0.25) is 0 Å². The van der Waals surface area contributed by atoms with Crippen LogP contribution in [0.15, 0.2) is 24.3 Å². The molecule has 0 bridgehead atoms. The van der Waals surface area contributed by atoms with E-state index in [0.717, 1.165) is 11.3 Å². The monoisotopic (exact) mass is 260 g/mol. The quantitative estimate of drug-likeness (QED) is 0.917. The lowest BCUT2D eigenvalue weighted by atomic mass is 10.2. The minimum atomic E-state index is -1.02. The SMILES string of the molecule is Cc1nc(Oc2cccc(C#N)c2)sc1C(=O)O. The number of nitriles is 1.